The highest BCUT2D eigenvalue weighted by Crippen LogP contribution is 2.34. The number of halogens is 1. The van der Waals surface area contributed by atoms with Crippen LogP contribution in [-0.2, 0) is 6.54 Å². The van der Waals surface area contributed by atoms with Gasteiger partial charge >= 0.3 is 0 Å². The molecule has 0 amide bonds. The van der Waals surface area contributed by atoms with Crippen molar-refractivity contribution in [2.24, 2.45) is 5.92 Å². The van der Waals surface area contributed by atoms with Gasteiger partial charge < -0.3 is 10.3 Å². The molecule has 0 aliphatic carbocycles. The highest BCUT2D eigenvalue weighted by molar-refractivity contribution is 8.25. The predicted octanol–water partition coefficient (Wildman–Crippen LogP) is 8.35. The third-order valence-electron chi connectivity index (χ3n) is 7.16. The molecule has 4 aromatic heterocycles. The van der Waals surface area contributed by atoms with E-state index in [0.29, 0.717) is 18.2 Å². The van der Waals surface area contributed by atoms with Crippen LogP contribution in [0.1, 0.15) is 42.7 Å². The van der Waals surface area contributed by atoms with E-state index in [4.69, 9.17) is 4.98 Å². The van der Waals surface area contributed by atoms with E-state index in [1.807, 2.05) is 49.6 Å². The van der Waals surface area contributed by atoms with E-state index in [9.17, 15) is 4.39 Å². The lowest BCUT2D eigenvalue weighted by atomic mass is 9.95. The van der Waals surface area contributed by atoms with Crippen molar-refractivity contribution >= 4 is 43.4 Å². The van der Waals surface area contributed by atoms with E-state index in [-0.39, 0.29) is 5.82 Å². The first kappa shape index (κ1) is 31.7. The van der Waals surface area contributed by atoms with Crippen LogP contribution in [0.5, 0.6) is 0 Å². The van der Waals surface area contributed by atoms with E-state index in [1.54, 1.807) is 24.5 Å². The monoisotopic (exact) mass is 621 g/mol. The largest absolute Gasteiger partial charge is 0.358 e. The number of aryl methyl sites for hydroxylation is 1. The molecule has 0 bridgehead atoms. The lowest BCUT2D eigenvalue weighted by Crippen LogP contribution is -2.08. The molecule has 0 spiro atoms. The maximum Gasteiger partial charge on any atom is 0.135 e. The summed E-state index contributed by atoms with van der Waals surface area (Å²) in [5, 5.41) is 11.1. The van der Waals surface area contributed by atoms with Gasteiger partial charge in [-0.3, -0.25) is 14.8 Å². The second-order valence-electron chi connectivity index (χ2n) is 11.9. The summed E-state index contributed by atoms with van der Waals surface area (Å²) in [6.07, 6.45) is 10.0. The summed E-state index contributed by atoms with van der Waals surface area (Å²) in [5.74, 6) is 8.32. The Balaban J connectivity index is 1.49. The Labute approximate surface area is 265 Å². The van der Waals surface area contributed by atoms with Crippen LogP contribution >= 0.6 is 9.39 Å². The van der Waals surface area contributed by atoms with Crippen LogP contribution in [0.15, 0.2) is 85.9 Å². The van der Waals surface area contributed by atoms with Gasteiger partial charge in [0.15, 0.2) is 0 Å². The molecule has 5 aromatic rings. The molecule has 4 heterocycles. The maximum atomic E-state index is 14.8. The number of aromatic nitrogens is 5. The number of aromatic amines is 2. The summed E-state index contributed by atoms with van der Waals surface area (Å²) in [7, 11) is -1.44. The van der Waals surface area contributed by atoms with Gasteiger partial charge in [-0.25, -0.2) is 9.37 Å². The normalized spacial score (nSPS) is 12.2. The fourth-order valence-corrected chi connectivity index (χ4v) is 5.75. The molecule has 232 valence electrons. The lowest BCUT2D eigenvalue weighted by Gasteiger charge is -2.13. The Bertz CT molecular complexity index is 2030. The van der Waals surface area contributed by atoms with Crippen molar-refractivity contribution in [2.75, 3.05) is 11.6 Å². The van der Waals surface area contributed by atoms with Crippen molar-refractivity contribution in [2.45, 2.75) is 33.7 Å². The van der Waals surface area contributed by atoms with Gasteiger partial charge in [0.05, 0.1) is 28.8 Å². The van der Waals surface area contributed by atoms with Crippen molar-refractivity contribution in [3.8, 4) is 22.6 Å². The van der Waals surface area contributed by atoms with Gasteiger partial charge in [-0.15, -0.1) is 0 Å². The molecule has 0 atom stereocenters. The summed E-state index contributed by atoms with van der Waals surface area (Å²) >= 11 is 0. The van der Waals surface area contributed by atoms with Crippen LogP contribution in [-0.4, -0.2) is 43.1 Å². The number of nitrogens with zero attached hydrogens (tertiary/aromatic N) is 3. The second-order valence-corrected chi connectivity index (χ2v) is 14.8. The predicted molar refractivity (Wildman–Crippen MR) is 192 cm³/mol. The zero-order valence-corrected chi connectivity index (χ0v) is 27.1. The molecule has 0 saturated heterocycles. The van der Waals surface area contributed by atoms with Crippen LogP contribution in [0.4, 0.5) is 10.1 Å². The van der Waals surface area contributed by atoms with Crippen LogP contribution in [0.25, 0.3) is 39.3 Å². The molecule has 4 N–H and O–H groups in total. The van der Waals surface area contributed by atoms with Crippen molar-refractivity contribution in [3.63, 3.8) is 0 Å². The number of hydrogen-bond donors (Lipinski definition) is 4. The van der Waals surface area contributed by atoms with Gasteiger partial charge in [0.25, 0.3) is 0 Å². The molecule has 45 heavy (non-hydrogen) atoms. The van der Waals surface area contributed by atoms with E-state index >= 15 is 0 Å². The minimum atomic E-state index is -1.44. The van der Waals surface area contributed by atoms with E-state index < -0.39 is 9.39 Å². The minimum absolute atomic E-state index is 0.314. The molecule has 9 heteroatoms. The van der Waals surface area contributed by atoms with Gasteiger partial charge in [0.1, 0.15) is 17.0 Å². The standard InChI is InChI=1S/C36H40FN7S/c1-9-10-30(26-14-25(15-28(37)16-26)19-39-45(6,7)8)31-18-34(41-24(31)5)36-35-33(43-44-36)12-11-32(42-35)27-17-29(21-38-20-27)40-23(4)13-22(2)3/h9-12,14-18,20-22,39-41H,1,4,6-7,13,19H2,2-3,5,8H3,(H,43,44)/b30-10-. The fourth-order valence-electron chi connectivity index (χ4n) is 5.23. The molecular weight excluding hydrogens is 582 g/mol. The van der Waals surface area contributed by atoms with Gasteiger partial charge in [-0.2, -0.15) is 14.5 Å². The second kappa shape index (κ2) is 13.1. The third-order valence-corrected chi connectivity index (χ3v) is 8.00. The quantitative estimate of drug-likeness (QED) is 0.0830. The molecule has 5 rings (SSSR count). The summed E-state index contributed by atoms with van der Waals surface area (Å²) in [6.45, 7) is 14.8. The number of anilines is 1. The molecule has 7 nitrogen and oxygen atoms in total. The van der Waals surface area contributed by atoms with Crippen molar-refractivity contribution in [3.05, 3.63) is 114 Å². The van der Waals surface area contributed by atoms with Crippen LogP contribution in [0, 0.1) is 18.7 Å². The summed E-state index contributed by atoms with van der Waals surface area (Å²) in [5.41, 5.74) is 10.7. The SMILES string of the molecule is C=C/C=C(/c1cc(F)cc(CNS(=C)(=C)C)c1)c1cc(-c2n[nH]c3ccc(-c4cncc(NC(=C)CC(C)C)c4)nc23)[nH]c1C. The number of rotatable bonds is 12. The van der Waals surface area contributed by atoms with E-state index in [2.05, 4.69) is 69.0 Å². The lowest BCUT2D eigenvalue weighted by molar-refractivity contribution is 0.624. The average molecular weight is 622 g/mol. The van der Waals surface area contributed by atoms with Crippen LogP contribution in [0.2, 0.25) is 0 Å². The van der Waals surface area contributed by atoms with Crippen molar-refractivity contribution in [1.82, 2.24) is 29.9 Å². The number of nitrogens with one attached hydrogen (secondary N) is 4. The molecule has 0 saturated carbocycles. The number of hydrogen-bond acceptors (Lipinski definition) is 5. The molecule has 0 unspecified atom stereocenters. The Hall–Kier alpha value is -4.73. The first-order valence-corrected chi connectivity index (χ1v) is 17.1. The number of pyridine rings is 2. The summed E-state index contributed by atoms with van der Waals surface area (Å²) in [4.78, 5) is 12.9. The molecule has 0 aliphatic rings. The minimum Gasteiger partial charge on any atom is -0.358 e. The van der Waals surface area contributed by atoms with Crippen LogP contribution < -0.4 is 10.0 Å². The Kier molecular flexibility index (Phi) is 9.22. The molecular formula is C36H40FN7S. The number of H-pyrrole nitrogens is 2. The third kappa shape index (κ3) is 7.68. The Morgan fingerprint density at radius 2 is 1.91 bits per heavy atom. The molecule has 0 radical (unpaired) electrons. The van der Waals surface area contributed by atoms with Gasteiger partial charge in [0.2, 0.25) is 0 Å². The summed E-state index contributed by atoms with van der Waals surface area (Å²) < 4.78 is 18.1. The first-order valence-electron chi connectivity index (χ1n) is 14.7. The van der Waals surface area contributed by atoms with Crippen molar-refractivity contribution < 1.29 is 4.39 Å². The number of benzene rings is 1. The Morgan fingerprint density at radius 3 is 2.64 bits per heavy atom. The van der Waals surface area contributed by atoms with Gasteiger partial charge in [-0.05, 0) is 84.7 Å². The molecule has 0 fully saturated rings. The highest BCUT2D eigenvalue weighted by atomic mass is 32.2. The fraction of sp³-hybridized carbons (Fsp3) is 0.194. The molecule has 1 aromatic carbocycles. The van der Waals surface area contributed by atoms with Gasteiger partial charge in [-0.1, -0.05) is 50.9 Å². The van der Waals surface area contributed by atoms with Crippen LogP contribution in [0.3, 0.4) is 0 Å². The number of fused-ring (bicyclic) bond motifs is 1. The zero-order valence-electron chi connectivity index (χ0n) is 26.3. The van der Waals surface area contributed by atoms with Crippen molar-refractivity contribution in [1.29, 1.82) is 0 Å². The zero-order chi connectivity index (χ0) is 32.3. The maximum absolute atomic E-state index is 14.8. The number of allylic oxidation sites excluding steroid dienone is 3. The smallest absolute Gasteiger partial charge is 0.135 e. The average Bonchev–Trinajstić information content (AvgIpc) is 3.56. The first-order chi connectivity index (χ1) is 21.4. The summed E-state index contributed by atoms with van der Waals surface area (Å²) in [6, 6.07) is 13.0. The van der Waals surface area contributed by atoms with Gasteiger partial charge in [0, 0.05) is 35.3 Å². The van der Waals surface area contributed by atoms with E-state index in [0.717, 1.165) is 73.7 Å². The Morgan fingerprint density at radius 1 is 1.11 bits per heavy atom. The highest BCUT2D eigenvalue weighted by Gasteiger charge is 2.18. The molecule has 0 aliphatic heterocycles. The topological polar surface area (TPSA) is 94.3 Å². The van der Waals surface area contributed by atoms with E-state index in [1.165, 1.54) is 6.07 Å².